The van der Waals surface area contributed by atoms with E-state index in [-0.39, 0.29) is 12.5 Å². The molecule has 0 fully saturated rings. The van der Waals surface area contributed by atoms with Crippen LogP contribution >= 0.6 is 0 Å². The number of carbonyl (C=O) groups excluding carboxylic acids is 1. The summed E-state index contributed by atoms with van der Waals surface area (Å²) >= 11 is 0. The van der Waals surface area contributed by atoms with Crippen LogP contribution in [0.1, 0.15) is 12.5 Å². The van der Waals surface area contributed by atoms with E-state index in [4.69, 9.17) is 14.2 Å². The van der Waals surface area contributed by atoms with E-state index in [0.717, 1.165) is 17.1 Å². The number of nitrogens with zero attached hydrogens (tertiary/aromatic N) is 1. The Kier molecular flexibility index (Phi) is 7.29. The van der Waals surface area contributed by atoms with Crippen LogP contribution in [-0.4, -0.2) is 45.2 Å². The summed E-state index contributed by atoms with van der Waals surface area (Å²) in [4.78, 5) is 14.3. The minimum absolute atomic E-state index is 0.105. The minimum atomic E-state index is -0.105. The maximum atomic E-state index is 12.4. The SMILES string of the molecule is CCOc1ccccc1NC(=O)CN(C)Cc1ccc(OC)cc1OC. The summed E-state index contributed by atoms with van der Waals surface area (Å²) in [6, 6.07) is 13.1. The highest BCUT2D eigenvalue weighted by Crippen LogP contribution is 2.26. The maximum Gasteiger partial charge on any atom is 0.238 e. The van der Waals surface area contributed by atoms with Crippen molar-refractivity contribution in [2.45, 2.75) is 13.5 Å². The smallest absolute Gasteiger partial charge is 0.238 e. The Labute approximate surface area is 154 Å². The lowest BCUT2D eigenvalue weighted by molar-refractivity contribution is -0.117. The molecule has 0 atom stereocenters. The summed E-state index contributed by atoms with van der Waals surface area (Å²) in [6.45, 7) is 3.28. The summed E-state index contributed by atoms with van der Waals surface area (Å²) in [6.07, 6.45) is 0. The number of hydrogen-bond donors (Lipinski definition) is 1. The highest BCUT2D eigenvalue weighted by Gasteiger charge is 2.13. The molecule has 1 N–H and O–H groups in total. The van der Waals surface area contributed by atoms with Crippen LogP contribution in [0.2, 0.25) is 0 Å². The molecule has 140 valence electrons. The van der Waals surface area contributed by atoms with Gasteiger partial charge in [0.15, 0.2) is 0 Å². The lowest BCUT2D eigenvalue weighted by Crippen LogP contribution is -2.30. The Morgan fingerprint density at radius 2 is 1.85 bits per heavy atom. The zero-order chi connectivity index (χ0) is 18.9. The highest BCUT2D eigenvalue weighted by atomic mass is 16.5. The van der Waals surface area contributed by atoms with E-state index in [1.54, 1.807) is 14.2 Å². The Morgan fingerprint density at radius 3 is 2.54 bits per heavy atom. The third kappa shape index (κ3) is 5.39. The van der Waals surface area contributed by atoms with Crippen molar-refractivity contribution in [1.29, 1.82) is 0 Å². The van der Waals surface area contributed by atoms with Gasteiger partial charge in [-0.15, -0.1) is 0 Å². The molecule has 0 saturated heterocycles. The highest BCUT2D eigenvalue weighted by molar-refractivity contribution is 5.93. The van der Waals surface area contributed by atoms with E-state index in [9.17, 15) is 4.79 Å². The van der Waals surface area contributed by atoms with E-state index >= 15 is 0 Å². The number of hydrogen-bond acceptors (Lipinski definition) is 5. The van der Waals surface area contributed by atoms with Crippen molar-refractivity contribution in [3.63, 3.8) is 0 Å². The fraction of sp³-hybridized carbons (Fsp3) is 0.350. The van der Waals surface area contributed by atoms with Gasteiger partial charge in [0.25, 0.3) is 0 Å². The second-order valence-electron chi connectivity index (χ2n) is 5.83. The summed E-state index contributed by atoms with van der Waals surface area (Å²) in [5.41, 5.74) is 1.66. The van der Waals surface area contributed by atoms with Gasteiger partial charge in [0.2, 0.25) is 5.91 Å². The fourth-order valence-electron chi connectivity index (χ4n) is 2.62. The zero-order valence-electron chi connectivity index (χ0n) is 15.7. The summed E-state index contributed by atoms with van der Waals surface area (Å²) < 4.78 is 16.2. The number of carbonyl (C=O) groups is 1. The lowest BCUT2D eigenvalue weighted by Gasteiger charge is -2.19. The topological polar surface area (TPSA) is 60.0 Å². The van der Waals surface area contributed by atoms with Crippen LogP contribution in [0.4, 0.5) is 5.69 Å². The normalized spacial score (nSPS) is 10.5. The van der Waals surface area contributed by atoms with E-state index in [0.29, 0.717) is 24.6 Å². The van der Waals surface area contributed by atoms with Crippen LogP contribution in [0, 0.1) is 0 Å². The maximum absolute atomic E-state index is 12.4. The summed E-state index contributed by atoms with van der Waals surface area (Å²) in [5, 5.41) is 2.90. The number of methoxy groups -OCH3 is 2. The molecule has 0 aliphatic heterocycles. The van der Waals surface area contributed by atoms with Crippen molar-refractivity contribution in [2.75, 3.05) is 39.7 Å². The molecule has 2 aromatic rings. The van der Waals surface area contributed by atoms with Gasteiger partial charge in [-0.3, -0.25) is 9.69 Å². The number of ether oxygens (including phenoxy) is 3. The molecule has 2 aromatic carbocycles. The van der Waals surface area contributed by atoms with Crippen LogP contribution in [0.5, 0.6) is 17.2 Å². The molecule has 0 saturated carbocycles. The molecule has 0 heterocycles. The standard InChI is InChI=1S/C20H26N2O4/c1-5-26-18-9-7-6-8-17(18)21-20(23)14-22(2)13-15-10-11-16(24-3)12-19(15)25-4/h6-12H,5,13-14H2,1-4H3,(H,21,23). The van der Waals surface area contributed by atoms with Crippen molar-refractivity contribution in [2.24, 2.45) is 0 Å². The van der Waals surface area contributed by atoms with Gasteiger partial charge < -0.3 is 19.5 Å². The Balaban J connectivity index is 1.97. The number of likely N-dealkylation sites (N-methyl/N-ethyl adjacent to an activating group) is 1. The molecular weight excluding hydrogens is 332 g/mol. The Hall–Kier alpha value is -2.73. The number of nitrogens with one attached hydrogen (secondary N) is 1. The number of benzene rings is 2. The van der Waals surface area contributed by atoms with Gasteiger partial charge in [-0.1, -0.05) is 18.2 Å². The summed E-state index contributed by atoms with van der Waals surface area (Å²) in [7, 11) is 5.12. The minimum Gasteiger partial charge on any atom is -0.497 e. The molecule has 26 heavy (non-hydrogen) atoms. The predicted octanol–water partition coefficient (Wildman–Crippen LogP) is 3.17. The second-order valence-corrected chi connectivity index (χ2v) is 5.83. The molecule has 6 heteroatoms. The summed E-state index contributed by atoms with van der Waals surface area (Å²) in [5.74, 6) is 2.03. The number of amides is 1. The van der Waals surface area contributed by atoms with E-state index in [2.05, 4.69) is 5.32 Å². The molecule has 6 nitrogen and oxygen atoms in total. The van der Waals surface area contributed by atoms with Crippen LogP contribution in [0.25, 0.3) is 0 Å². The van der Waals surface area contributed by atoms with E-state index in [1.165, 1.54) is 0 Å². The van der Waals surface area contributed by atoms with Gasteiger partial charge in [0, 0.05) is 18.2 Å². The van der Waals surface area contributed by atoms with Crippen molar-refractivity contribution < 1.29 is 19.0 Å². The molecule has 0 aromatic heterocycles. The van der Waals surface area contributed by atoms with Gasteiger partial charge in [-0.05, 0) is 32.2 Å². The third-order valence-corrected chi connectivity index (χ3v) is 3.81. The van der Waals surface area contributed by atoms with Crippen molar-refractivity contribution >= 4 is 11.6 Å². The Bertz CT molecular complexity index is 734. The second kappa shape index (κ2) is 9.68. The van der Waals surface area contributed by atoms with Gasteiger partial charge in [0.05, 0.1) is 33.1 Å². The van der Waals surface area contributed by atoms with Gasteiger partial charge in [0.1, 0.15) is 17.2 Å². The predicted molar refractivity (Wildman–Crippen MR) is 102 cm³/mol. The first-order valence-corrected chi connectivity index (χ1v) is 8.48. The van der Waals surface area contributed by atoms with Crippen molar-refractivity contribution in [3.05, 3.63) is 48.0 Å². The van der Waals surface area contributed by atoms with Gasteiger partial charge in [-0.25, -0.2) is 0 Å². The number of para-hydroxylation sites is 2. The average molecular weight is 358 g/mol. The molecule has 0 aliphatic rings. The number of anilines is 1. The van der Waals surface area contributed by atoms with Crippen molar-refractivity contribution in [3.8, 4) is 17.2 Å². The molecule has 0 radical (unpaired) electrons. The monoisotopic (exact) mass is 358 g/mol. The molecular formula is C20H26N2O4. The largest absolute Gasteiger partial charge is 0.497 e. The molecule has 0 aliphatic carbocycles. The quantitative estimate of drug-likeness (QED) is 0.746. The molecule has 0 bridgehead atoms. The van der Waals surface area contributed by atoms with Crippen LogP contribution < -0.4 is 19.5 Å². The van der Waals surface area contributed by atoms with Crippen LogP contribution in [-0.2, 0) is 11.3 Å². The van der Waals surface area contributed by atoms with E-state index in [1.807, 2.05) is 61.3 Å². The van der Waals surface area contributed by atoms with Crippen LogP contribution in [0.15, 0.2) is 42.5 Å². The first-order valence-electron chi connectivity index (χ1n) is 8.48. The zero-order valence-corrected chi connectivity index (χ0v) is 15.7. The molecule has 1 amide bonds. The molecule has 0 spiro atoms. The molecule has 2 rings (SSSR count). The van der Waals surface area contributed by atoms with E-state index < -0.39 is 0 Å². The van der Waals surface area contributed by atoms with Gasteiger partial charge in [-0.2, -0.15) is 0 Å². The van der Waals surface area contributed by atoms with Crippen molar-refractivity contribution in [1.82, 2.24) is 4.90 Å². The first kappa shape index (κ1) is 19.6. The fourth-order valence-corrected chi connectivity index (χ4v) is 2.62. The average Bonchev–Trinajstić information content (AvgIpc) is 2.63. The third-order valence-electron chi connectivity index (χ3n) is 3.81. The van der Waals surface area contributed by atoms with Crippen LogP contribution in [0.3, 0.4) is 0 Å². The number of rotatable bonds is 9. The van der Waals surface area contributed by atoms with Gasteiger partial charge >= 0.3 is 0 Å². The molecule has 0 unspecified atom stereocenters. The Morgan fingerprint density at radius 1 is 1.08 bits per heavy atom. The first-order chi connectivity index (χ1) is 12.6. The lowest BCUT2D eigenvalue weighted by atomic mass is 10.2.